The predicted molar refractivity (Wildman–Crippen MR) is 72.0 cm³/mol. The molecule has 2 rings (SSSR count). The van der Waals surface area contributed by atoms with E-state index >= 15 is 0 Å². The number of anilines is 1. The summed E-state index contributed by atoms with van der Waals surface area (Å²) in [7, 11) is 0. The Bertz CT molecular complexity index is 639. The Morgan fingerprint density at radius 3 is 2.90 bits per heavy atom. The van der Waals surface area contributed by atoms with Crippen LogP contribution in [0, 0.1) is 11.6 Å². The van der Waals surface area contributed by atoms with Crippen LogP contribution in [-0.2, 0) is 11.3 Å². The molecule has 0 aliphatic heterocycles. The molecule has 1 heterocycles. The number of carbonyl (C=O) groups is 1. The van der Waals surface area contributed by atoms with Crippen LogP contribution in [0.3, 0.4) is 0 Å². The molecule has 0 aliphatic carbocycles. The zero-order valence-electron chi connectivity index (χ0n) is 11.1. The lowest BCUT2D eigenvalue weighted by atomic mass is 10.3. The minimum Gasteiger partial charge on any atom is -0.369 e. The summed E-state index contributed by atoms with van der Waals surface area (Å²) in [5.41, 5.74) is 5.95. The van der Waals surface area contributed by atoms with Gasteiger partial charge in [-0.1, -0.05) is 6.92 Å². The van der Waals surface area contributed by atoms with Gasteiger partial charge in [0.25, 0.3) is 0 Å². The summed E-state index contributed by atoms with van der Waals surface area (Å²) in [6.45, 7) is 2.68. The van der Waals surface area contributed by atoms with E-state index < -0.39 is 11.6 Å². The van der Waals surface area contributed by atoms with E-state index in [1.54, 1.807) is 0 Å². The SMILES string of the molecule is CCCNC(=O)CCn1c(N)nc2ccc(F)c(F)c21. The Morgan fingerprint density at radius 2 is 2.20 bits per heavy atom. The highest BCUT2D eigenvalue weighted by Crippen LogP contribution is 2.23. The molecule has 0 unspecified atom stereocenters. The first-order valence-electron chi connectivity index (χ1n) is 6.41. The van der Waals surface area contributed by atoms with Crippen molar-refractivity contribution in [2.24, 2.45) is 0 Å². The van der Waals surface area contributed by atoms with Crippen molar-refractivity contribution in [2.75, 3.05) is 12.3 Å². The van der Waals surface area contributed by atoms with E-state index in [4.69, 9.17) is 5.73 Å². The molecule has 1 aromatic carbocycles. The molecule has 0 radical (unpaired) electrons. The molecule has 0 aliphatic rings. The Kier molecular flexibility index (Phi) is 4.16. The largest absolute Gasteiger partial charge is 0.369 e. The highest BCUT2D eigenvalue weighted by Gasteiger charge is 2.16. The normalized spacial score (nSPS) is 10.9. The third kappa shape index (κ3) is 2.71. The number of carbonyl (C=O) groups excluding carboxylic acids is 1. The van der Waals surface area contributed by atoms with Crippen LogP contribution in [0.1, 0.15) is 19.8 Å². The third-order valence-corrected chi connectivity index (χ3v) is 2.96. The number of rotatable bonds is 5. The molecule has 0 spiro atoms. The van der Waals surface area contributed by atoms with Crippen molar-refractivity contribution in [1.29, 1.82) is 0 Å². The first-order chi connectivity index (χ1) is 9.54. The topological polar surface area (TPSA) is 72.9 Å². The molecule has 3 N–H and O–H groups in total. The molecule has 0 atom stereocenters. The molecule has 1 amide bonds. The maximum absolute atomic E-state index is 13.8. The van der Waals surface area contributed by atoms with Gasteiger partial charge in [0.05, 0.1) is 5.52 Å². The quantitative estimate of drug-likeness (QED) is 0.878. The van der Waals surface area contributed by atoms with E-state index in [0.29, 0.717) is 6.54 Å². The van der Waals surface area contributed by atoms with Gasteiger partial charge in [0.1, 0.15) is 5.52 Å². The molecule has 0 saturated carbocycles. The first kappa shape index (κ1) is 14.2. The number of nitrogen functional groups attached to an aromatic ring is 1. The number of aromatic nitrogens is 2. The van der Waals surface area contributed by atoms with Crippen LogP contribution < -0.4 is 11.1 Å². The number of amides is 1. The molecular weight excluding hydrogens is 266 g/mol. The molecule has 20 heavy (non-hydrogen) atoms. The van der Waals surface area contributed by atoms with E-state index in [0.717, 1.165) is 12.5 Å². The maximum atomic E-state index is 13.8. The van der Waals surface area contributed by atoms with Crippen molar-refractivity contribution in [3.8, 4) is 0 Å². The van der Waals surface area contributed by atoms with Crippen molar-refractivity contribution in [1.82, 2.24) is 14.9 Å². The third-order valence-electron chi connectivity index (χ3n) is 2.96. The summed E-state index contributed by atoms with van der Waals surface area (Å²) < 4.78 is 28.4. The Balaban J connectivity index is 2.23. The van der Waals surface area contributed by atoms with E-state index in [2.05, 4.69) is 10.3 Å². The van der Waals surface area contributed by atoms with Crippen LogP contribution in [0.25, 0.3) is 11.0 Å². The van der Waals surface area contributed by atoms with Gasteiger partial charge in [-0.05, 0) is 18.6 Å². The average Bonchev–Trinajstić information content (AvgIpc) is 2.75. The van der Waals surface area contributed by atoms with Crippen molar-refractivity contribution in [3.63, 3.8) is 0 Å². The summed E-state index contributed by atoms with van der Waals surface area (Å²) in [6, 6.07) is 2.36. The summed E-state index contributed by atoms with van der Waals surface area (Å²) in [6.07, 6.45) is 0.966. The number of hydrogen-bond acceptors (Lipinski definition) is 3. The number of nitrogens with one attached hydrogen (secondary N) is 1. The van der Waals surface area contributed by atoms with Crippen LogP contribution in [0.4, 0.5) is 14.7 Å². The smallest absolute Gasteiger partial charge is 0.221 e. The Hall–Kier alpha value is -2.18. The van der Waals surface area contributed by atoms with Gasteiger partial charge >= 0.3 is 0 Å². The Morgan fingerprint density at radius 1 is 1.45 bits per heavy atom. The van der Waals surface area contributed by atoms with Crippen LogP contribution in [-0.4, -0.2) is 22.0 Å². The molecule has 0 saturated heterocycles. The summed E-state index contributed by atoms with van der Waals surface area (Å²) in [5.74, 6) is -2.06. The molecule has 0 bridgehead atoms. The number of nitrogens with two attached hydrogens (primary N) is 1. The number of nitrogens with zero attached hydrogens (tertiary/aromatic N) is 2. The lowest BCUT2D eigenvalue weighted by Crippen LogP contribution is -2.25. The molecular formula is C13H16F2N4O. The standard InChI is InChI=1S/C13H16F2N4O/c1-2-6-17-10(20)5-7-19-12-9(18-13(19)16)4-3-8(14)11(12)15/h3-4H,2,5-7H2,1H3,(H2,16,18)(H,17,20). The Labute approximate surface area is 114 Å². The van der Waals surface area contributed by atoms with Gasteiger partial charge in [-0.3, -0.25) is 4.79 Å². The lowest BCUT2D eigenvalue weighted by molar-refractivity contribution is -0.121. The van der Waals surface area contributed by atoms with Crippen LogP contribution in [0.15, 0.2) is 12.1 Å². The van der Waals surface area contributed by atoms with Crippen molar-refractivity contribution in [3.05, 3.63) is 23.8 Å². The molecule has 0 fully saturated rings. The molecule has 1 aromatic heterocycles. The minimum absolute atomic E-state index is 0.00853. The first-order valence-corrected chi connectivity index (χ1v) is 6.41. The van der Waals surface area contributed by atoms with Gasteiger partial charge in [-0.25, -0.2) is 13.8 Å². The lowest BCUT2D eigenvalue weighted by Gasteiger charge is -2.07. The second kappa shape index (κ2) is 5.85. The number of fused-ring (bicyclic) bond motifs is 1. The maximum Gasteiger partial charge on any atom is 0.221 e. The van der Waals surface area contributed by atoms with Gasteiger partial charge in [-0.15, -0.1) is 0 Å². The molecule has 5 nitrogen and oxygen atoms in total. The van der Waals surface area contributed by atoms with E-state index in [9.17, 15) is 13.6 Å². The van der Waals surface area contributed by atoms with Crippen molar-refractivity contribution < 1.29 is 13.6 Å². The fourth-order valence-corrected chi connectivity index (χ4v) is 1.97. The minimum atomic E-state index is -0.999. The zero-order valence-corrected chi connectivity index (χ0v) is 11.1. The van der Waals surface area contributed by atoms with E-state index in [-0.39, 0.29) is 35.9 Å². The fraction of sp³-hybridized carbons (Fsp3) is 0.385. The van der Waals surface area contributed by atoms with Gasteiger partial charge in [0, 0.05) is 19.5 Å². The predicted octanol–water partition coefficient (Wildman–Crippen LogP) is 1.81. The second-order valence-corrected chi connectivity index (χ2v) is 4.45. The van der Waals surface area contributed by atoms with Gasteiger partial charge < -0.3 is 15.6 Å². The fourth-order valence-electron chi connectivity index (χ4n) is 1.97. The average molecular weight is 282 g/mol. The second-order valence-electron chi connectivity index (χ2n) is 4.45. The monoisotopic (exact) mass is 282 g/mol. The molecule has 108 valence electrons. The molecule has 7 heteroatoms. The number of benzene rings is 1. The van der Waals surface area contributed by atoms with E-state index in [1.165, 1.54) is 10.6 Å². The van der Waals surface area contributed by atoms with Gasteiger partial charge in [0.2, 0.25) is 11.9 Å². The van der Waals surface area contributed by atoms with Gasteiger partial charge in [0.15, 0.2) is 11.6 Å². The van der Waals surface area contributed by atoms with E-state index in [1.807, 2.05) is 6.92 Å². The zero-order chi connectivity index (χ0) is 14.7. The summed E-state index contributed by atoms with van der Waals surface area (Å²) in [4.78, 5) is 15.5. The number of imidazole rings is 1. The number of hydrogen-bond donors (Lipinski definition) is 2. The number of halogens is 2. The van der Waals surface area contributed by atoms with Crippen molar-refractivity contribution >= 4 is 22.9 Å². The van der Waals surface area contributed by atoms with Crippen molar-refractivity contribution in [2.45, 2.75) is 26.3 Å². The molecule has 2 aromatic rings. The number of aryl methyl sites for hydroxylation is 1. The highest BCUT2D eigenvalue weighted by atomic mass is 19.2. The highest BCUT2D eigenvalue weighted by molar-refractivity contribution is 5.80. The summed E-state index contributed by atoms with van der Waals surface area (Å²) >= 11 is 0. The van der Waals surface area contributed by atoms with Crippen LogP contribution in [0.5, 0.6) is 0 Å². The van der Waals surface area contributed by atoms with Crippen LogP contribution >= 0.6 is 0 Å². The van der Waals surface area contributed by atoms with Crippen LogP contribution in [0.2, 0.25) is 0 Å². The van der Waals surface area contributed by atoms with Gasteiger partial charge in [-0.2, -0.15) is 0 Å². The summed E-state index contributed by atoms with van der Waals surface area (Å²) in [5, 5.41) is 2.71.